The Bertz CT molecular complexity index is 1520. The Hall–Kier alpha value is -2.17. The minimum atomic E-state index is -3.99. The minimum absolute atomic E-state index is 0.243. The molecule has 210 valence electrons. The molecule has 3 aromatic rings. The molecule has 1 aromatic heterocycles. The van der Waals surface area contributed by atoms with Gasteiger partial charge >= 0.3 is 0 Å². The number of aryl methyl sites for hydroxylation is 3. The van der Waals surface area contributed by atoms with Crippen molar-refractivity contribution in [2.75, 3.05) is 44.9 Å². The molecule has 6 nitrogen and oxygen atoms in total. The Morgan fingerprint density at radius 3 is 2.49 bits per heavy atom. The van der Waals surface area contributed by atoms with E-state index in [2.05, 4.69) is 99.9 Å². The maximum atomic E-state index is 11.4. The van der Waals surface area contributed by atoms with Crippen LogP contribution in [0.5, 0.6) is 0 Å². The number of nitrogens with zero attached hydrogens (tertiary/aromatic N) is 3. The van der Waals surface area contributed by atoms with Crippen LogP contribution in [0.1, 0.15) is 42.3 Å². The molecule has 0 bridgehead atoms. The lowest BCUT2D eigenvalue weighted by atomic mass is 10.1. The molecule has 39 heavy (non-hydrogen) atoms. The predicted molar refractivity (Wildman–Crippen MR) is 166 cm³/mol. The largest absolute Gasteiger partial charge is 0.335 e. The molecule has 2 heterocycles. The SMILES string of the molecule is CCC(/C=C1\Sc2ccc(C)cc2N1CCCS(=O)(=O)O)=C\c1sc2ccc(C)cc2[n+]1CCC[N+](C)(C)C. The Kier molecular flexibility index (Phi) is 9.28. The second kappa shape index (κ2) is 12.1. The van der Waals surface area contributed by atoms with Gasteiger partial charge in [0.1, 0.15) is 4.70 Å². The number of fused-ring (bicyclic) bond motifs is 2. The molecule has 0 aliphatic carbocycles. The Morgan fingerprint density at radius 1 is 1.08 bits per heavy atom. The summed E-state index contributed by atoms with van der Waals surface area (Å²) in [4.78, 5) is 3.37. The number of hydrogen-bond donors (Lipinski definition) is 1. The first-order valence-electron chi connectivity index (χ1n) is 13.5. The van der Waals surface area contributed by atoms with Gasteiger partial charge in [-0.15, -0.1) is 0 Å². The third-order valence-electron chi connectivity index (χ3n) is 6.79. The number of allylic oxidation sites excluding steroid dienone is 2. The molecule has 1 N–H and O–H groups in total. The predicted octanol–water partition coefficient (Wildman–Crippen LogP) is 6.43. The van der Waals surface area contributed by atoms with Crippen molar-refractivity contribution in [3.63, 3.8) is 0 Å². The van der Waals surface area contributed by atoms with Crippen LogP contribution in [0.3, 0.4) is 0 Å². The van der Waals surface area contributed by atoms with Gasteiger partial charge in [-0.1, -0.05) is 42.2 Å². The van der Waals surface area contributed by atoms with Crippen LogP contribution in [-0.4, -0.2) is 57.4 Å². The standard InChI is InChI=1S/C30H40N3O3S3/c1-7-24(20-29-31(14-8-16-33(4,5)6)25-18-22(2)10-12-27(25)37-29)21-30-32(15-9-17-39(34,35)36)26-19-23(3)11-13-28(26)38-30/h10-13,18-21H,7-9,14-17H2,1-6H3/q+1/p+1. The van der Waals surface area contributed by atoms with Crippen LogP contribution in [0.2, 0.25) is 0 Å². The van der Waals surface area contributed by atoms with Crippen LogP contribution in [-0.2, 0) is 16.7 Å². The van der Waals surface area contributed by atoms with E-state index in [9.17, 15) is 13.0 Å². The number of quaternary nitrogens is 1. The number of benzene rings is 2. The minimum Gasteiger partial charge on any atom is -0.335 e. The van der Waals surface area contributed by atoms with Gasteiger partial charge in [0.05, 0.1) is 50.6 Å². The summed E-state index contributed by atoms with van der Waals surface area (Å²) in [5.74, 6) is -0.243. The first-order valence-corrected chi connectivity index (χ1v) is 16.7. The maximum absolute atomic E-state index is 11.4. The summed E-state index contributed by atoms with van der Waals surface area (Å²) in [7, 11) is 2.73. The fourth-order valence-corrected chi connectivity index (χ4v) is 7.55. The molecule has 0 saturated carbocycles. The molecule has 0 spiro atoms. The zero-order valence-electron chi connectivity index (χ0n) is 23.9. The van der Waals surface area contributed by atoms with E-state index >= 15 is 0 Å². The number of rotatable bonds is 11. The van der Waals surface area contributed by atoms with E-state index in [4.69, 9.17) is 0 Å². The van der Waals surface area contributed by atoms with Crippen LogP contribution < -0.4 is 9.47 Å². The summed E-state index contributed by atoms with van der Waals surface area (Å²) in [5, 5.41) is 2.34. The first kappa shape index (κ1) is 29.8. The monoisotopic (exact) mass is 587 g/mol. The van der Waals surface area contributed by atoms with E-state index in [1.165, 1.54) is 31.3 Å². The average Bonchev–Trinajstić information content (AvgIpc) is 3.34. The third kappa shape index (κ3) is 7.95. The molecule has 1 aliphatic heterocycles. The molecule has 0 radical (unpaired) electrons. The molecule has 4 rings (SSSR count). The number of aromatic nitrogens is 1. The number of anilines is 1. The highest BCUT2D eigenvalue weighted by Crippen LogP contribution is 2.47. The molecule has 0 fully saturated rings. The van der Waals surface area contributed by atoms with Gasteiger partial charge < -0.3 is 9.38 Å². The van der Waals surface area contributed by atoms with Gasteiger partial charge in [-0.25, -0.2) is 0 Å². The van der Waals surface area contributed by atoms with Gasteiger partial charge in [0.25, 0.3) is 15.1 Å². The highest BCUT2D eigenvalue weighted by Gasteiger charge is 2.26. The molecular formula is C30H41N3O3S3+2. The van der Waals surface area contributed by atoms with Crippen molar-refractivity contribution >= 4 is 55.2 Å². The summed E-state index contributed by atoms with van der Waals surface area (Å²) in [6.45, 7) is 9.01. The average molecular weight is 588 g/mol. The van der Waals surface area contributed by atoms with Gasteiger partial charge in [0.2, 0.25) is 5.52 Å². The number of thioether (sulfide) groups is 1. The third-order valence-corrected chi connectivity index (χ3v) is 9.82. The fourth-order valence-electron chi connectivity index (χ4n) is 4.77. The summed E-state index contributed by atoms with van der Waals surface area (Å²) in [6, 6.07) is 13.1. The highest BCUT2D eigenvalue weighted by atomic mass is 32.2. The van der Waals surface area contributed by atoms with Gasteiger partial charge in [-0.05, 0) is 67.7 Å². The van der Waals surface area contributed by atoms with Gasteiger partial charge in [0, 0.05) is 23.6 Å². The van der Waals surface area contributed by atoms with Crippen LogP contribution in [0.15, 0.2) is 58.0 Å². The summed E-state index contributed by atoms with van der Waals surface area (Å²) in [5.41, 5.74) is 6.05. The van der Waals surface area contributed by atoms with Crippen molar-refractivity contribution in [3.05, 3.63) is 69.2 Å². The highest BCUT2D eigenvalue weighted by molar-refractivity contribution is 8.03. The van der Waals surface area contributed by atoms with Gasteiger partial charge in [-0.3, -0.25) is 4.55 Å². The van der Waals surface area contributed by atoms with Crippen molar-refractivity contribution in [1.29, 1.82) is 0 Å². The Morgan fingerprint density at radius 2 is 1.79 bits per heavy atom. The van der Waals surface area contributed by atoms with Crippen LogP contribution in [0.25, 0.3) is 16.3 Å². The second-order valence-corrected chi connectivity index (χ2v) is 15.0. The Labute approximate surface area is 242 Å². The van der Waals surface area contributed by atoms with Crippen molar-refractivity contribution in [2.45, 2.75) is 51.5 Å². The zero-order chi connectivity index (χ0) is 28.4. The van der Waals surface area contributed by atoms with Gasteiger partial charge in [0.15, 0.2) is 6.54 Å². The summed E-state index contributed by atoms with van der Waals surface area (Å²) < 4.78 is 36.7. The summed E-state index contributed by atoms with van der Waals surface area (Å²) in [6.07, 6.45) is 6.91. The second-order valence-electron chi connectivity index (χ2n) is 11.4. The lowest BCUT2D eigenvalue weighted by Crippen LogP contribution is -2.40. The van der Waals surface area contributed by atoms with Crippen molar-refractivity contribution < 1.29 is 22.0 Å². The molecular weight excluding hydrogens is 547 g/mol. The quantitative estimate of drug-likeness (QED) is 0.159. The normalized spacial score (nSPS) is 15.5. The smallest absolute Gasteiger partial charge is 0.264 e. The van der Waals surface area contributed by atoms with Crippen LogP contribution in [0, 0.1) is 13.8 Å². The molecule has 0 saturated heterocycles. The van der Waals surface area contributed by atoms with Gasteiger partial charge in [-0.2, -0.15) is 13.0 Å². The molecule has 9 heteroatoms. The Balaban J connectivity index is 1.70. The van der Waals surface area contributed by atoms with Crippen molar-refractivity contribution in [3.8, 4) is 0 Å². The first-order chi connectivity index (χ1) is 18.3. The lowest BCUT2D eigenvalue weighted by Gasteiger charge is -2.22. The van der Waals surface area contributed by atoms with E-state index in [0.29, 0.717) is 13.0 Å². The fraction of sp³-hybridized carbons (Fsp3) is 0.433. The molecule has 2 aromatic carbocycles. The zero-order valence-corrected chi connectivity index (χ0v) is 26.3. The maximum Gasteiger partial charge on any atom is 0.264 e. The molecule has 0 unspecified atom stereocenters. The van der Waals surface area contributed by atoms with Crippen molar-refractivity contribution in [1.82, 2.24) is 0 Å². The van der Waals surface area contributed by atoms with E-state index < -0.39 is 10.1 Å². The number of thiazole rings is 1. The van der Waals surface area contributed by atoms with E-state index in [1.54, 1.807) is 11.8 Å². The van der Waals surface area contributed by atoms with E-state index in [-0.39, 0.29) is 5.75 Å². The van der Waals surface area contributed by atoms with Crippen LogP contribution in [0.4, 0.5) is 5.69 Å². The van der Waals surface area contributed by atoms with Crippen LogP contribution >= 0.6 is 23.1 Å². The molecule has 0 atom stereocenters. The van der Waals surface area contributed by atoms with E-state index in [1.807, 2.05) is 11.3 Å². The molecule has 1 aliphatic rings. The van der Waals surface area contributed by atoms with E-state index in [0.717, 1.165) is 46.7 Å². The number of hydrogen-bond acceptors (Lipinski definition) is 5. The molecule has 0 amide bonds. The van der Waals surface area contributed by atoms with Crippen molar-refractivity contribution in [2.24, 2.45) is 0 Å². The lowest BCUT2D eigenvalue weighted by molar-refractivity contribution is -0.873. The topological polar surface area (TPSA) is 61.5 Å². The summed E-state index contributed by atoms with van der Waals surface area (Å²) >= 11 is 3.56.